The standard InChI is InChI=1S/C19H18N2O3/c1-21(13-16-5-3-2-4-6-16)18(22)17(19(23)24)11-14-7-9-15(12-20)10-8-14/h2-10,17H,11,13H2,1H3,(H,23,24). The Morgan fingerprint density at radius 1 is 1.08 bits per heavy atom. The molecule has 0 spiro atoms. The van der Waals surface area contributed by atoms with Crippen LogP contribution in [0.4, 0.5) is 0 Å². The van der Waals surface area contributed by atoms with Crippen molar-refractivity contribution in [3.63, 3.8) is 0 Å². The van der Waals surface area contributed by atoms with E-state index < -0.39 is 17.8 Å². The first kappa shape index (κ1) is 17.2. The molecule has 1 unspecified atom stereocenters. The Balaban J connectivity index is 2.09. The predicted molar refractivity (Wildman–Crippen MR) is 88.9 cm³/mol. The fraction of sp³-hybridized carbons (Fsp3) is 0.211. The predicted octanol–water partition coefficient (Wildman–Crippen LogP) is 2.46. The summed E-state index contributed by atoms with van der Waals surface area (Å²) in [5, 5.41) is 18.2. The molecule has 1 amide bonds. The zero-order valence-electron chi connectivity index (χ0n) is 13.3. The van der Waals surface area contributed by atoms with Crippen LogP contribution in [-0.2, 0) is 22.6 Å². The molecule has 0 heterocycles. The van der Waals surface area contributed by atoms with Gasteiger partial charge in [-0.3, -0.25) is 9.59 Å². The number of carboxylic acids is 1. The fourth-order valence-corrected chi connectivity index (χ4v) is 2.43. The van der Waals surface area contributed by atoms with Gasteiger partial charge in [-0.15, -0.1) is 0 Å². The molecular formula is C19H18N2O3. The van der Waals surface area contributed by atoms with Gasteiger partial charge in [0.1, 0.15) is 5.92 Å². The lowest BCUT2D eigenvalue weighted by atomic mass is 9.97. The van der Waals surface area contributed by atoms with Crippen LogP contribution in [0.2, 0.25) is 0 Å². The first-order valence-electron chi connectivity index (χ1n) is 7.52. The molecule has 0 bridgehead atoms. The number of hydrogen-bond donors (Lipinski definition) is 1. The molecule has 0 saturated heterocycles. The van der Waals surface area contributed by atoms with Crippen molar-refractivity contribution < 1.29 is 14.7 Å². The topological polar surface area (TPSA) is 81.4 Å². The van der Waals surface area contributed by atoms with E-state index in [1.807, 2.05) is 36.4 Å². The third-order valence-electron chi connectivity index (χ3n) is 3.76. The van der Waals surface area contributed by atoms with Gasteiger partial charge in [-0.1, -0.05) is 42.5 Å². The third-order valence-corrected chi connectivity index (χ3v) is 3.76. The van der Waals surface area contributed by atoms with Crippen molar-refractivity contribution in [2.24, 2.45) is 5.92 Å². The van der Waals surface area contributed by atoms with Crippen LogP contribution in [0.25, 0.3) is 0 Å². The highest BCUT2D eigenvalue weighted by Crippen LogP contribution is 2.14. The van der Waals surface area contributed by atoms with E-state index in [9.17, 15) is 14.7 Å². The number of rotatable bonds is 6. The normalized spacial score (nSPS) is 11.3. The molecule has 122 valence electrons. The molecule has 0 fully saturated rings. The van der Waals surface area contributed by atoms with Gasteiger partial charge >= 0.3 is 5.97 Å². The second kappa shape index (κ2) is 7.93. The van der Waals surface area contributed by atoms with Crippen LogP contribution in [0.15, 0.2) is 54.6 Å². The van der Waals surface area contributed by atoms with E-state index in [-0.39, 0.29) is 6.42 Å². The highest BCUT2D eigenvalue weighted by molar-refractivity contribution is 5.97. The van der Waals surface area contributed by atoms with Crippen LogP contribution in [0, 0.1) is 17.2 Å². The summed E-state index contributed by atoms with van der Waals surface area (Å²) in [5.74, 6) is -2.73. The molecule has 5 heteroatoms. The minimum atomic E-state index is -1.15. The average molecular weight is 322 g/mol. The Labute approximate surface area is 140 Å². The molecule has 0 aliphatic heterocycles. The molecule has 1 N–H and O–H groups in total. The zero-order chi connectivity index (χ0) is 17.5. The first-order chi connectivity index (χ1) is 11.5. The molecule has 5 nitrogen and oxygen atoms in total. The minimum Gasteiger partial charge on any atom is -0.481 e. The van der Waals surface area contributed by atoms with Crippen LogP contribution in [0.1, 0.15) is 16.7 Å². The van der Waals surface area contributed by atoms with E-state index in [4.69, 9.17) is 5.26 Å². The fourth-order valence-electron chi connectivity index (χ4n) is 2.43. The quantitative estimate of drug-likeness (QED) is 0.828. The number of carbonyl (C=O) groups excluding carboxylic acids is 1. The number of benzene rings is 2. The van der Waals surface area contributed by atoms with E-state index in [1.165, 1.54) is 4.90 Å². The average Bonchev–Trinajstić information content (AvgIpc) is 2.60. The summed E-state index contributed by atoms with van der Waals surface area (Å²) in [4.78, 5) is 25.5. The highest BCUT2D eigenvalue weighted by atomic mass is 16.4. The highest BCUT2D eigenvalue weighted by Gasteiger charge is 2.29. The number of amides is 1. The summed E-state index contributed by atoms with van der Waals surface area (Å²) in [6.07, 6.45) is 0.0962. The Morgan fingerprint density at radius 2 is 1.71 bits per heavy atom. The van der Waals surface area contributed by atoms with Crippen molar-refractivity contribution in [3.05, 3.63) is 71.3 Å². The molecule has 0 aliphatic rings. The molecule has 0 aromatic heterocycles. The van der Waals surface area contributed by atoms with E-state index in [1.54, 1.807) is 31.3 Å². The Hall–Kier alpha value is -3.13. The first-order valence-corrected chi connectivity index (χ1v) is 7.52. The second-order valence-corrected chi connectivity index (χ2v) is 5.58. The lowest BCUT2D eigenvalue weighted by Gasteiger charge is -2.21. The third kappa shape index (κ3) is 4.43. The van der Waals surface area contributed by atoms with Crippen LogP contribution in [0.5, 0.6) is 0 Å². The van der Waals surface area contributed by atoms with Crippen molar-refractivity contribution in [1.29, 1.82) is 5.26 Å². The number of carbonyl (C=O) groups is 2. The SMILES string of the molecule is CN(Cc1ccccc1)C(=O)C(Cc1ccc(C#N)cc1)C(=O)O. The smallest absolute Gasteiger partial charge is 0.316 e. The maximum Gasteiger partial charge on any atom is 0.316 e. The summed E-state index contributed by atoms with van der Waals surface area (Å²) >= 11 is 0. The lowest BCUT2D eigenvalue weighted by molar-refractivity contribution is -0.150. The van der Waals surface area contributed by atoms with Gasteiger partial charge in [0, 0.05) is 13.6 Å². The van der Waals surface area contributed by atoms with Crippen molar-refractivity contribution in [3.8, 4) is 6.07 Å². The number of hydrogen-bond acceptors (Lipinski definition) is 3. The van der Waals surface area contributed by atoms with Crippen molar-refractivity contribution >= 4 is 11.9 Å². The monoisotopic (exact) mass is 322 g/mol. The molecule has 2 aromatic rings. The van der Waals surface area contributed by atoms with Crippen LogP contribution < -0.4 is 0 Å². The van der Waals surface area contributed by atoms with Crippen molar-refractivity contribution in [2.75, 3.05) is 7.05 Å². The molecular weight excluding hydrogens is 304 g/mol. The molecule has 2 aromatic carbocycles. The van der Waals surface area contributed by atoms with E-state index >= 15 is 0 Å². The van der Waals surface area contributed by atoms with E-state index in [2.05, 4.69) is 0 Å². The van der Waals surface area contributed by atoms with Gasteiger partial charge in [0.2, 0.25) is 5.91 Å². The van der Waals surface area contributed by atoms with Gasteiger partial charge in [0.05, 0.1) is 11.6 Å². The number of aliphatic carboxylic acids is 1. The lowest BCUT2D eigenvalue weighted by Crippen LogP contribution is -2.37. The van der Waals surface area contributed by atoms with Crippen molar-refractivity contribution in [1.82, 2.24) is 4.90 Å². The van der Waals surface area contributed by atoms with Crippen LogP contribution >= 0.6 is 0 Å². The second-order valence-electron chi connectivity index (χ2n) is 5.58. The zero-order valence-corrected chi connectivity index (χ0v) is 13.3. The van der Waals surface area contributed by atoms with Gasteiger partial charge in [-0.25, -0.2) is 0 Å². The maximum atomic E-state index is 12.5. The van der Waals surface area contributed by atoms with Crippen LogP contribution in [-0.4, -0.2) is 28.9 Å². The summed E-state index contributed by atoms with van der Waals surface area (Å²) in [6, 6.07) is 18.0. The number of nitrogens with zero attached hydrogens (tertiary/aromatic N) is 2. The Bertz CT molecular complexity index is 748. The number of carboxylic acid groups (broad SMARTS) is 1. The largest absolute Gasteiger partial charge is 0.481 e. The maximum absolute atomic E-state index is 12.5. The van der Waals surface area contributed by atoms with E-state index in [0.717, 1.165) is 5.56 Å². The van der Waals surface area contributed by atoms with Crippen molar-refractivity contribution in [2.45, 2.75) is 13.0 Å². The van der Waals surface area contributed by atoms with Gasteiger partial charge < -0.3 is 10.0 Å². The van der Waals surface area contributed by atoms with Gasteiger partial charge in [0.15, 0.2) is 0 Å². The summed E-state index contributed by atoms with van der Waals surface area (Å²) in [7, 11) is 1.60. The minimum absolute atomic E-state index is 0.0962. The Kier molecular flexibility index (Phi) is 5.69. The number of nitriles is 1. The molecule has 0 saturated carbocycles. The van der Waals surface area contributed by atoms with Gasteiger partial charge in [-0.05, 0) is 29.7 Å². The summed E-state index contributed by atoms with van der Waals surface area (Å²) in [6.45, 7) is 0.358. The molecule has 2 rings (SSSR count). The molecule has 0 radical (unpaired) electrons. The van der Waals surface area contributed by atoms with Gasteiger partial charge in [0.25, 0.3) is 0 Å². The van der Waals surface area contributed by atoms with Crippen LogP contribution in [0.3, 0.4) is 0 Å². The molecule has 24 heavy (non-hydrogen) atoms. The molecule has 1 atom stereocenters. The van der Waals surface area contributed by atoms with E-state index in [0.29, 0.717) is 17.7 Å². The van der Waals surface area contributed by atoms with Gasteiger partial charge in [-0.2, -0.15) is 5.26 Å². The molecule has 0 aliphatic carbocycles. The summed E-state index contributed by atoms with van der Waals surface area (Å²) < 4.78 is 0. The summed E-state index contributed by atoms with van der Waals surface area (Å²) in [5.41, 5.74) is 2.15. The Morgan fingerprint density at radius 3 is 2.25 bits per heavy atom.